The van der Waals surface area contributed by atoms with Gasteiger partial charge in [0.05, 0.1) is 6.10 Å². The van der Waals surface area contributed by atoms with E-state index in [4.69, 9.17) is 0 Å². The molecule has 1 heterocycles. The number of nitrogens with zero attached hydrogens (tertiary/aromatic N) is 2. The Hall–Kier alpha value is -2.15. The number of piperazine rings is 1. The lowest BCUT2D eigenvalue weighted by molar-refractivity contribution is -0.135. The molecular weight excluding hydrogens is 325 g/mol. The molecule has 3 rings (SSSR count). The number of amides is 3. The molecule has 0 aromatic heterocycles. The number of aliphatic hydroxyl groups excluding tert-OH is 1. The number of urea groups is 1. The van der Waals surface area contributed by atoms with E-state index in [1.54, 1.807) is 17.0 Å². The summed E-state index contributed by atoms with van der Waals surface area (Å²) in [4.78, 5) is 27.9. The molecule has 25 heavy (non-hydrogen) atoms. The third-order valence-electron chi connectivity index (χ3n) is 4.92. The first kappa shape index (κ1) is 17.7. The molecule has 2 N–H and O–H groups in total. The van der Waals surface area contributed by atoms with Gasteiger partial charge in [-0.2, -0.15) is 0 Å². The van der Waals surface area contributed by atoms with Crippen molar-refractivity contribution >= 4 is 11.9 Å². The Morgan fingerprint density at radius 1 is 1.16 bits per heavy atom. The summed E-state index contributed by atoms with van der Waals surface area (Å²) in [5.74, 6) is -0.406. The molecule has 1 aliphatic carbocycles. The van der Waals surface area contributed by atoms with Crippen molar-refractivity contribution in [2.24, 2.45) is 0 Å². The van der Waals surface area contributed by atoms with Crippen LogP contribution in [-0.2, 0) is 11.3 Å². The number of carbonyl (C=O) groups is 2. The van der Waals surface area contributed by atoms with Crippen molar-refractivity contribution in [2.75, 3.05) is 19.6 Å². The highest BCUT2D eigenvalue weighted by atomic mass is 19.1. The fourth-order valence-corrected chi connectivity index (χ4v) is 3.35. The third kappa shape index (κ3) is 4.69. The lowest BCUT2D eigenvalue weighted by Crippen LogP contribution is -2.55. The molecule has 3 amide bonds. The number of aliphatic hydroxyl groups is 1. The number of hydrogen-bond acceptors (Lipinski definition) is 3. The van der Waals surface area contributed by atoms with Crippen LogP contribution in [0, 0.1) is 5.82 Å². The first-order valence-corrected chi connectivity index (χ1v) is 8.77. The fraction of sp³-hybridized carbons (Fsp3) is 0.556. The molecule has 1 aromatic rings. The largest absolute Gasteiger partial charge is 0.393 e. The van der Waals surface area contributed by atoms with Gasteiger partial charge in [0.2, 0.25) is 5.91 Å². The lowest BCUT2D eigenvalue weighted by atomic mass is 9.93. The van der Waals surface area contributed by atoms with Crippen LogP contribution in [0.25, 0.3) is 0 Å². The topological polar surface area (TPSA) is 72.9 Å². The van der Waals surface area contributed by atoms with E-state index in [0.717, 1.165) is 18.4 Å². The zero-order valence-corrected chi connectivity index (χ0v) is 14.2. The molecule has 0 bridgehead atoms. The molecule has 2 fully saturated rings. The zero-order valence-electron chi connectivity index (χ0n) is 14.2. The van der Waals surface area contributed by atoms with Crippen molar-refractivity contribution in [3.05, 3.63) is 35.6 Å². The monoisotopic (exact) mass is 349 g/mol. The molecule has 0 radical (unpaired) electrons. The van der Waals surface area contributed by atoms with E-state index in [-0.39, 0.29) is 36.4 Å². The van der Waals surface area contributed by atoms with Crippen molar-refractivity contribution in [2.45, 2.75) is 44.4 Å². The maximum atomic E-state index is 13.0. The maximum absolute atomic E-state index is 13.0. The van der Waals surface area contributed by atoms with Crippen molar-refractivity contribution in [1.29, 1.82) is 0 Å². The number of rotatable bonds is 3. The Morgan fingerprint density at radius 3 is 2.48 bits per heavy atom. The van der Waals surface area contributed by atoms with E-state index in [0.29, 0.717) is 32.5 Å². The van der Waals surface area contributed by atoms with E-state index in [2.05, 4.69) is 5.32 Å². The summed E-state index contributed by atoms with van der Waals surface area (Å²) in [6.45, 7) is 1.43. The standard InChI is InChI=1S/C18H24FN3O3/c19-14-3-1-13(2-4-14)11-21-9-10-22(12-17(21)24)18(25)20-15-5-7-16(23)8-6-15/h1-4,15-16,23H,5-12H2,(H,20,25). The number of nitrogens with one attached hydrogen (secondary N) is 1. The first-order chi connectivity index (χ1) is 12.0. The molecule has 136 valence electrons. The Labute approximate surface area is 146 Å². The minimum Gasteiger partial charge on any atom is -0.393 e. The van der Waals surface area contributed by atoms with Gasteiger partial charge in [0.1, 0.15) is 12.4 Å². The van der Waals surface area contributed by atoms with E-state index >= 15 is 0 Å². The smallest absolute Gasteiger partial charge is 0.318 e. The summed E-state index contributed by atoms with van der Waals surface area (Å²) >= 11 is 0. The van der Waals surface area contributed by atoms with Gasteiger partial charge in [-0.05, 0) is 43.4 Å². The van der Waals surface area contributed by atoms with Crippen LogP contribution >= 0.6 is 0 Å². The van der Waals surface area contributed by atoms with Crippen LogP contribution in [0.1, 0.15) is 31.2 Å². The molecular formula is C18H24FN3O3. The van der Waals surface area contributed by atoms with E-state index < -0.39 is 0 Å². The predicted molar refractivity (Wildman–Crippen MR) is 90.2 cm³/mol. The minimum atomic E-state index is -0.299. The number of benzene rings is 1. The molecule has 1 aliphatic heterocycles. The van der Waals surface area contributed by atoms with Crippen molar-refractivity contribution < 1.29 is 19.1 Å². The van der Waals surface area contributed by atoms with Crippen LogP contribution in [0.5, 0.6) is 0 Å². The van der Waals surface area contributed by atoms with Crippen molar-refractivity contribution in [3.63, 3.8) is 0 Å². The fourth-order valence-electron chi connectivity index (χ4n) is 3.35. The van der Waals surface area contributed by atoms with E-state index in [9.17, 15) is 19.1 Å². The van der Waals surface area contributed by atoms with Gasteiger partial charge in [0.25, 0.3) is 0 Å². The molecule has 2 aliphatic rings. The second-order valence-corrected chi connectivity index (χ2v) is 6.82. The highest BCUT2D eigenvalue weighted by Gasteiger charge is 2.29. The van der Waals surface area contributed by atoms with E-state index in [1.165, 1.54) is 17.0 Å². The quantitative estimate of drug-likeness (QED) is 0.868. The first-order valence-electron chi connectivity index (χ1n) is 8.77. The van der Waals surface area contributed by atoms with Crippen LogP contribution < -0.4 is 5.32 Å². The summed E-state index contributed by atoms with van der Waals surface area (Å²) in [6, 6.07) is 5.95. The molecule has 7 heteroatoms. The maximum Gasteiger partial charge on any atom is 0.318 e. The summed E-state index contributed by atoms with van der Waals surface area (Å²) in [7, 11) is 0. The summed E-state index contributed by atoms with van der Waals surface area (Å²) in [5, 5.41) is 12.5. The average molecular weight is 349 g/mol. The number of halogens is 1. The van der Waals surface area contributed by atoms with Crippen molar-refractivity contribution in [3.8, 4) is 0 Å². The normalized spacial score (nSPS) is 24.3. The van der Waals surface area contributed by atoms with Gasteiger partial charge in [-0.15, -0.1) is 0 Å². The van der Waals surface area contributed by atoms with E-state index in [1.807, 2.05) is 0 Å². The van der Waals surface area contributed by atoms with Gasteiger partial charge in [-0.3, -0.25) is 4.79 Å². The molecule has 0 atom stereocenters. The van der Waals surface area contributed by atoms with Crippen molar-refractivity contribution in [1.82, 2.24) is 15.1 Å². The molecule has 0 spiro atoms. The number of carbonyl (C=O) groups excluding carboxylic acids is 2. The Kier molecular flexibility index (Phi) is 5.53. The minimum absolute atomic E-state index is 0.0579. The zero-order chi connectivity index (χ0) is 17.8. The molecule has 1 aromatic carbocycles. The second kappa shape index (κ2) is 7.82. The highest BCUT2D eigenvalue weighted by Crippen LogP contribution is 2.19. The SMILES string of the molecule is O=C1CN(C(=O)NC2CCC(O)CC2)CCN1Cc1ccc(F)cc1. The van der Waals surface area contributed by atoms with Crippen LogP contribution in [0.3, 0.4) is 0 Å². The summed E-state index contributed by atoms with van der Waals surface area (Å²) in [6.07, 6.45) is 2.69. The second-order valence-electron chi connectivity index (χ2n) is 6.82. The Balaban J connectivity index is 1.48. The number of hydrogen-bond donors (Lipinski definition) is 2. The Morgan fingerprint density at radius 2 is 1.84 bits per heavy atom. The summed E-state index contributed by atoms with van der Waals surface area (Å²) < 4.78 is 13.0. The molecule has 1 saturated heterocycles. The van der Waals surface area contributed by atoms with Gasteiger partial charge >= 0.3 is 6.03 Å². The van der Waals surface area contributed by atoms with Gasteiger partial charge in [0.15, 0.2) is 0 Å². The third-order valence-corrected chi connectivity index (χ3v) is 4.92. The van der Waals surface area contributed by atoms with Crippen LogP contribution in [0.15, 0.2) is 24.3 Å². The highest BCUT2D eigenvalue weighted by molar-refractivity contribution is 5.85. The Bertz CT molecular complexity index is 614. The molecule has 0 unspecified atom stereocenters. The lowest BCUT2D eigenvalue weighted by Gasteiger charge is -2.36. The van der Waals surface area contributed by atoms with Gasteiger partial charge < -0.3 is 20.2 Å². The average Bonchev–Trinajstić information content (AvgIpc) is 2.60. The summed E-state index contributed by atoms with van der Waals surface area (Å²) in [5.41, 5.74) is 0.869. The van der Waals surface area contributed by atoms with Gasteiger partial charge in [0, 0.05) is 25.7 Å². The van der Waals surface area contributed by atoms with Gasteiger partial charge in [-0.1, -0.05) is 12.1 Å². The molecule has 1 saturated carbocycles. The van der Waals surface area contributed by atoms with Gasteiger partial charge in [-0.25, -0.2) is 9.18 Å². The van der Waals surface area contributed by atoms with Crippen LogP contribution in [-0.4, -0.2) is 58.6 Å². The van der Waals surface area contributed by atoms with Crippen LogP contribution in [0.2, 0.25) is 0 Å². The molecule has 6 nitrogen and oxygen atoms in total. The predicted octanol–water partition coefficient (Wildman–Crippen LogP) is 1.48. The van der Waals surface area contributed by atoms with Crippen LogP contribution in [0.4, 0.5) is 9.18 Å².